The summed E-state index contributed by atoms with van der Waals surface area (Å²) in [5, 5.41) is 2.68. The van der Waals surface area contributed by atoms with E-state index >= 15 is 0 Å². The van der Waals surface area contributed by atoms with E-state index in [0.29, 0.717) is 17.1 Å². The molecule has 0 unspecified atom stereocenters. The van der Waals surface area contributed by atoms with Crippen LogP contribution in [-0.2, 0) is 21.4 Å². The standard InChI is InChI=1S/C19H24N2O5S/c1-13-5-6-14(2)18(9-13)27(23,24)21-12-19(22)20-11-15-7-8-16(25-3)17(10-15)26-4/h5-10,21H,11-12H2,1-4H3,(H,20,22). The lowest BCUT2D eigenvalue weighted by Crippen LogP contribution is -2.36. The minimum Gasteiger partial charge on any atom is -0.493 e. The molecule has 8 heteroatoms. The summed E-state index contributed by atoms with van der Waals surface area (Å²) in [5.41, 5.74) is 2.26. The van der Waals surface area contributed by atoms with Crippen LogP contribution in [0.25, 0.3) is 0 Å². The molecule has 2 rings (SSSR count). The summed E-state index contributed by atoms with van der Waals surface area (Å²) in [6, 6.07) is 10.4. The zero-order valence-electron chi connectivity index (χ0n) is 15.8. The van der Waals surface area contributed by atoms with E-state index in [1.807, 2.05) is 13.0 Å². The van der Waals surface area contributed by atoms with Crippen molar-refractivity contribution in [2.24, 2.45) is 0 Å². The van der Waals surface area contributed by atoms with Crippen LogP contribution < -0.4 is 19.5 Å². The van der Waals surface area contributed by atoms with E-state index in [9.17, 15) is 13.2 Å². The number of amides is 1. The van der Waals surface area contributed by atoms with Gasteiger partial charge < -0.3 is 14.8 Å². The monoisotopic (exact) mass is 392 g/mol. The van der Waals surface area contributed by atoms with Gasteiger partial charge in [0.1, 0.15) is 0 Å². The lowest BCUT2D eigenvalue weighted by molar-refractivity contribution is -0.120. The second-order valence-electron chi connectivity index (χ2n) is 6.06. The third-order valence-corrected chi connectivity index (χ3v) is 5.54. The van der Waals surface area contributed by atoms with Gasteiger partial charge in [0.2, 0.25) is 15.9 Å². The maximum Gasteiger partial charge on any atom is 0.241 e. The van der Waals surface area contributed by atoms with E-state index in [2.05, 4.69) is 10.0 Å². The fourth-order valence-electron chi connectivity index (χ4n) is 2.49. The van der Waals surface area contributed by atoms with Gasteiger partial charge in [-0.2, -0.15) is 0 Å². The van der Waals surface area contributed by atoms with Crippen LogP contribution in [0.15, 0.2) is 41.3 Å². The molecule has 0 radical (unpaired) electrons. The quantitative estimate of drug-likeness (QED) is 0.716. The number of hydrogen-bond acceptors (Lipinski definition) is 5. The Kier molecular flexibility index (Phi) is 6.81. The topological polar surface area (TPSA) is 93.7 Å². The van der Waals surface area contributed by atoms with Gasteiger partial charge in [0.15, 0.2) is 11.5 Å². The second-order valence-corrected chi connectivity index (χ2v) is 7.79. The number of benzene rings is 2. The van der Waals surface area contributed by atoms with Crippen LogP contribution in [0.1, 0.15) is 16.7 Å². The Balaban J connectivity index is 1.95. The van der Waals surface area contributed by atoms with Crippen molar-refractivity contribution in [3.63, 3.8) is 0 Å². The average molecular weight is 392 g/mol. The number of methoxy groups -OCH3 is 2. The predicted octanol–water partition coefficient (Wildman–Crippen LogP) is 1.92. The molecule has 0 aromatic heterocycles. The molecule has 7 nitrogen and oxygen atoms in total. The summed E-state index contributed by atoms with van der Waals surface area (Å²) in [6.07, 6.45) is 0. The first-order chi connectivity index (χ1) is 12.8. The molecule has 2 aromatic carbocycles. The van der Waals surface area contributed by atoms with Crippen molar-refractivity contribution < 1.29 is 22.7 Å². The molecule has 0 aliphatic carbocycles. The van der Waals surface area contributed by atoms with E-state index in [4.69, 9.17) is 9.47 Å². The average Bonchev–Trinajstić information content (AvgIpc) is 2.66. The number of aryl methyl sites for hydroxylation is 2. The molecule has 1 amide bonds. The van der Waals surface area contributed by atoms with Gasteiger partial charge in [-0.3, -0.25) is 4.79 Å². The molecule has 0 fully saturated rings. The molecular weight excluding hydrogens is 368 g/mol. The Hall–Kier alpha value is -2.58. The first-order valence-corrected chi connectivity index (χ1v) is 9.79. The number of ether oxygens (including phenoxy) is 2. The lowest BCUT2D eigenvalue weighted by Gasteiger charge is -2.12. The summed E-state index contributed by atoms with van der Waals surface area (Å²) in [6.45, 7) is 3.42. The van der Waals surface area contributed by atoms with Crippen LogP contribution in [0.2, 0.25) is 0 Å². The molecule has 2 N–H and O–H groups in total. The molecule has 27 heavy (non-hydrogen) atoms. The summed E-state index contributed by atoms with van der Waals surface area (Å²) < 4.78 is 37.5. The summed E-state index contributed by atoms with van der Waals surface area (Å²) in [4.78, 5) is 12.2. The highest BCUT2D eigenvalue weighted by atomic mass is 32.2. The Bertz CT molecular complexity index is 926. The Labute approximate surface area is 159 Å². The van der Waals surface area contributed by atoms with Crippen LogP contribution in [-0.4, -0.2) is 35.1 Å². The predicted molar refractivity (Wildman–Crippen MR) is 102 cm³/mol. The van der Waals surface area contributed by atoms with Crippen molar-refractivity contribution >= 4 is 15.9 Å². The fraction of sp³-hybridized carbons (Fsp3) is 0.316. The van der Waals surface area contributed by atoms with Crippen molar-refractivity contribution in [1.29, 1.82) is 0 Å². The van der Waals surface area contributed by atoms with E-state index in [1.165, 1.54) is 7.11 Å². The molecule has 0 bridgehead atoms. The van der Waals surface area contributed by atoms with Crippen molar-refractivity contribution in [3.05, 3.63) is 53.1 Å². The fourth-order valence-corrected chi connectivity index (χ4v) is 3.80. The van der Waals surface area contributed by atoms with Crippen molar-refractivity contribution in [2.45, 2.75) is 25.3 Å². The van der Waals surface area contributed by atoms with Crippen LogP contribution >= 0.6 is 0 Å². The molecule has 0 atom stereocenters. The zero-order valence-corrected chi connectivity index (χ0v) is 16.6. The molecule has 0 aliphatic rings. The van der Waals surface area contributed by atoms with Gasteiger partial charge in [-0.25, -0.2) is 13.1 Å². The minimum atomic E-state index is -3.76. The molecular formula is C19H24N2O5S. The highest BCUT2D eigenvalue weighted by molar-refractivity contribution is 7.89. The van der Waals surface area contributed by atoms with Gasteiger partial charge in [0.25, 0.3) is 0 Å². The van der Waals surface area contributed by atoms with Gasteiger partial charge in [-0.05, 0) is 48.7 Å². The third-order valence-electron chi connectivity index (χ3n) is 3.99. The van der Waals surface area contributed by atoms with Crippen LogP contribution in [0.5, 0.6) is 11.5 Å². The summed E-state index contributed by atoms with van der Waals surface area (Å²) >= 11 is 0. The second kappa shape index (κ2) is 8.88. The molecule has 0 spiro atoms. The summed E-state index contributed by atoms with van der Waals surface area (Å²) in [7, 11) is -0.685. The molecule has 0 saturated heterocycles. The number of rotatable bonds is 8. The van der Waals surface area contributed by atoms with E-state index in [0.717, 1.165) is 11.1 Å². The first-order valence-electron chi connectivity index (χ1n) is 8.31. The van der Waals surface area contributed by atoms with Crippen molar-refractivity contribution in [3.8, 4) is 11.5 Å². The van der Waals surface area contributed by atoms with E-state index in [1.54, 1.807) is 44.4 Å². The smallest absolute Gasteiger partial charge is 0.241 e. The normalized spacial score (nSPS) is 11.1. The third kappa shape index (κ3) is 5.45. The Morgan fingerprint density at radius 1 is 1.00 bits per heavy atom. The summed E-state index contributed by atoms with van der Waals surface area (Å²) in [5.74, 6) is 0.715. The Morgan fingerprint density at radius 3 is 2.37 bits per heavy atom. The molecule has 0 heterocycles. The van der Waals surface area contributed by atoms with Gasteiger partial charge in [-0.1, -0.05) is 18.2 Å². The van der Waals surface area contributed by atoms with Gasteiger partial charge >= 0.3 is 0 Å². The number of carbonyl (C=O) groups is 1. The maximum absolute atomic E-state index is 12.4. The van der Waals surface area contributed by atoms with E-state index in [-0.39, 0.29) is 18.0 Å². The maximum atomic E-state index is 12.4. The number of carbonyl (C=O) groups excluding carboxylic acids is 1. The lowest BCUT2D eigenvalue weighted by atomic mass is 10.2. The highest BCUT2D eigenvalue weighted by Crippen LogP contribution is 2.27. The molecule has 0 aliphatic heterocycles. The number of hydrogen-bond donors (Lipinski definition) is 2. The van der Waals surface area contributed by atoms with Gasteiger partial charge in [-0.15, -0.1) is 0 Å². The molecule has 0 saturated carbocycles. The van der Waals surface area contributed by atoms with Crippen molar-refractivity contribution in [1.82, 2.24) is 10.0 Å². The minimum absolute atomic E-state index is 0.176. The Morgan fingerprint density at radius 2 is 1.70 bits per heavy atom. The van der Waals surface area contributed by atoms with Crippen LogP contribution in [0, 0.1) is 13.8 Å². The number of nitrogens with one attached hydrogen (secondary N) is 2. The molecule has 146 valence electrons. The van der Waals surface area contributed by atoms with Gasteiger partial charge in [0.05, 0.1) is 25.7 Å². The largest absolute Gasteiger partial charge is 0.493 e. The van der Waals surface area contributed by atoms with Crippen LogP contribution in [0.4, 0.5) is 0 Å². The van der Waals surface area contributed by atoms with Gasteiger partial charge in [0, 0.05) is 6.54 Å². The SMILES string of the molecule is COc1ccc(CNC(=O)CNS(=O)(=O)c2cc(C)ccc2C)cc1OC. The van der Waals surface area contributed by atoms with Crippen molar-refractivity contribution in [2.75, 3.05) is 20.8 Å². The highest BCUT2D eigenvalue weighted by Gasteiger charge is 2.18. The first kappa shape index (κ1) is 20.7. The zero-order chi connectivity index (χ0) is 20.0. The van der Waals surface area contributed by atoms with Crippen LogP contribution in [0.3, 0.4) is 0 Å². The van der Waals surface area contributed by atoms with E-state index < -0.39 is 15.9 Å². The molecule has 2 aromatic rings. The number of sulfonamides is 1.